The third-order valence-corrected chi connectivity index (χ3v) is 4.88. The van der Waals surface area contributed by atoms with Gasteiger partial charge in [0.2, 0.25) is 5.91 Å². The van der Waals surface area contributed by atoms with Crippen LogP contribution in [-0.4, -0.2) is 48.3 Å². The van der Waals surface area contributed by atoms with E-state index >= 15 is 0 Å². The van der Waals surface area contributed by atoms with Crippen molar-refractivity contribution in [2.24, 2.45) is 0 Å². The van der Waals surface area contributed by atoms with Crippen LogP contribution in [0.3, 0.4) is 0 Å². The predicted molar refractivity (Wildman–Crippen MR) is 103 cm³/mol. The number of carbonyl (C=O) groups is 1. The van der Waals surface area contributed by atoms with Gasteiger partial charge >= 0.3 is 0 Å². The van der Waals surface area contributed by atoms with Crippen LogP contribution in [0, 0.1) is 11.8 Å². The summed E-state index contributed by atoms with van der Waals surface area (Å²) in [5.74, 6) is 5.95. The van der Waals surface area contributed by atoms with Crippen LogP contribution in [0.4, 0.5) is 0 Å². The lowest BCUT2D eigenvalue weighted by Crippen LogP contribution is -2.50. The molecular formula is C20H34ClNO3. The normalized spacial score (nSPS) is 17.9. The Hall–Kier alpha value is -0.760. The minimum absolute atomic E-state index is 0.00817. The largest absolute Gasteiger partial charge is 0.351 e. The van der Waals surface area contributed by atoms with Crippen molar-refractivity contribution in [3.8, 4) is 11.8 Å². The second-order valence-electron chi connectivity index (χ2n) is 6.58. The number of nitrogens with zero attached hydrogens (tertiary/aromatic N) is 1. The summed E-state index contributed by atoms with van der Waals surface area (Å²) >= 11 is 6.42. The first kappa shape index (κ1) is 22.3. The molecule has 4 nitrogen and oxygen atoms in total. The van der Waals surface area contributed by atoms with Crippen LogP contribution in [0.25, 0.3) is 0 Å². The van der Waals surface area contributed by atoms with Crippen LogP contribution in [0.2, 0.25) is 0 Å². The summed E-state index contributed by atoms with van der Waals surface area (Å²) in [6.45, 7) is 7.97. The lowest BCUT2D eigenvalue weighted by Gasteiger charge is -2.35. The second-order valence-corrected chi connectivity index (χ2v) is 7.11. The fraction of sp³-hybridized carbons (Fsp3) is 0.850. The number of hydrogen-bond acceptors (Lipinski definition) is 3. The fourth-order valence-electron chi connectivity index (χ4n) is 2.93. The maximum atomic E-state index is 12.9. The van der Waals surface area contributed by atoms with Crippen molar-refractivity contribution in [2.45, 2.75) is 89.8 Å². The van der Waals surface area contributed by atoms with E-state index in [0.29, 0.717) is 19.8 Å². The first-order chi connectivity index (χ1) is 12.1. The van der Waals surface area contributed by atoms with Gasteiger partial charge in [-0.1, -0.05) is 26.2 Å². The fourth-order valence-corrected chi connectivity index (χ4v) is 3.21. The van der Waals surface area contributed by atoms with Crippen LogP contribution in [0.15, 0.2) is 0 Å². The van der Waals surface area contributed by atoms with Gasteiger partial charge in [-0.25, -0.2) is 0 Å². The summed E-state index contributed by atoms with van der Waals surface area (Å²) in [4.78, 5) is 14.8. The van der Waals surface area contributed by atoms with E-state index in [1.54, 1.807) is 0 Å². The van der Waals surface area contributed by atoms with Crippen LogP contribution in [-0.2, 0) is 14.3 Å². The van der Waals surface area contributed by atoms with E-state index in [4.69, 9.17) is 21.1 Å². The van der Waals surface area contributed by atoms with Crippen LogP contribution in [0.5, 0.6) is 0 Å². The molecule has 1 saturated heterocycles. The van der Waals surface area contributed by atoms with E-state index in [1.165, 1.54) is 0 Å². The molecule has 1 rings (SSSR count). The number of hydrogen-bond donors (Lipinski definition) is 0. The molecule has 0 aliphatic carbocycles. The van der Waals surface area contributed by atoms with E-state index < -0.39 is 5.38 Å². The molecule has 144 valence electrons. The first-order valence-corrected chi connectivity index (χ1v) is 10.1. The van der Waals surface area contributed by atoms with E-state index in [9.17, 15) is 4.79 Å². The van der Waals surface area contributed by atoms with Crippen LogP contribution < -0.4 is 0 Å². The highest BCUT2D eigenvalue weighted by atomic mass is 35.5. The molecular weight excluding hydrogens is 338 g/mol. The summed E-state index contributed by atoms with van der Waals surface area (Å²) in [7, 11) is 0. The Morgan fingerprint density at radius 1 is 1.24 bits per heavy atom. The van der Waals surface area contributed by atoms with Crippen molar-refractivity contribution >= 4 is 17.5 Å². The number of rotatable bonds is 10. The Bertz CT molecular complexity index is 424. The molecule has 1 heterocycles. The van der Waals surface area contributed by atoms with Crippen molar-refractivity contribution in [3.63, 3.8) is 0 Å². The van der Waals surface area contributed by atoms with Gasteiger partial charge in [0, 0.05) is 26.2 Å². The van der Waals surface area contributed by atoms with Gasteiger partial charge < -0.3 is 14.4 Å². The van der Waals surface area contributed by atoms with Crippen LogP contribution >= 0.6 is 11.6 Å². The maximum absolute atomic E-state index is 12.9. The monoisotopic (exact) mass is 371 g/mol. The van der Waals surface area contributed by atoms with E-state index in [2.05, 4.69) is 18.8 Å². The highest BCUT2D eigenvalue weighted by molar-refractivity contribution is 6.30. The Morgan fingerprint density at radius 2 is 1.92 bits per heavy atom. The van der Waals surface area contributed by atoms with E-state index in [-0.39, 0.29) is 18.2 Å². The van der Waals surface area contributed by atoms with Gasteiger partial charge in [-0.2, -0.15) is 0 Å². The van der Waals surface area contributed by atoms with E-state index in [0.717, 1.165) is 51.4 Å². The molecule has 0 aromatic heterocycles. The van der Waals surface area contributed by atoms with Gasteiger partial charge in [0.1, 0.15) is 5.38 Å². The number of halogens is 1. The molecule has 1 amide bonds. The molecule has 0 aromatic carbocycles. The Labute approximate surface area is 158 Å². The lowest BCUT2D eigenvalue weighted by atomic mass is 10.1. The van der Waals surface area contributed by atoms with Crippen molar-refractivity contribution in [3.05, 3.63) is 0 Å². The Kier molecular flexibility index (Phi) is 12.0. The van der Waals surface area contributed by atoms with Gasteiger partial charge in [-0.05, 0) is 39.5 Å². The molecule has 0 bridgehead atoms. The standard InChI is InChI=1S/C20H34ClNO3/c1-4-6-8-10-14-22(19(23)18(21)13-9-7-5-2)17(3)20-24-15-11-12-16-25-20/h17-18,20H,5,7-16H2,1-3H3. The molecule has 0 saturated carbocycles. The average molecular weight is 372 g/mol. The van der Waals surface area contributed by atoms with Gasteiger partial charge in [0.25, 0.3) is 0 Å². The van der Waals surface area contributed by atoms with Gasteiger partial charge in [-0.15, -0.1) is 23.4 Å². The predicted octanol–water partition coefficient (Wildman–Crippen LogP) is 4.35. The minimum Gasteiger partial charge on any atom is -0.351 e. The lowest BCUT2D eigenvalue weighted by molar-refractivity contribution is -0.171. The summed E-state index contributed by atoms with van der Waals surface area (Å²) < 4.78 is 11.6. The zero-order chi connectivity index (χ0) is 18.5. The summed E-state index contributed by atoms with van der Waals surface area (Å²) in [5.41, 5.74) is 0. The zero-order valence-corrected chi connectivity index (χ0v) is 16.8. The first-order valence-electron chi connectivity index (χ1n) is 9.69. The Balaban J connectivity index is 2.70. The molecule has 2 atom stereocenters. The van der Waals surface area contributed by atoms with Gasteiger partial charge in [0.05, 0.1) is 6.04 Å². The smallest absolute Gasteiger partial charge is 0.241 e. The third kappa shape index (κ3) is 8.44. The molecule has 0 aromatic rings. The molecule has 2 unspecified atom stereocenters. The van der Waals surface area contributed by atoms with E-state index in [1.807, 2.05) is 18.7 Å². The quantitative estimate of drug-likeness (QED) is 0.325. The van der Waals surface area contributed by atoms with Crippen LogP contribution in [0.1, 0.15) is 72.1 Å². The van der Waals surface area contributed by atoms with Crippen molar-refractivity contribution in [2.75, 3.05) is 19.8 Å². The summed E-state index contributed by atoms with van der Waals surface area (Å²) in [5, 5.41) is -0.475. The minimum atomic E-state index is -0.475. The SMILES string of the molecule is CC#CCCCN(C(=O)C(Cl)CCCCC)C(C)C1OCCCCO1. The number of ether oxygens (including phenoxy) is 2. The van der Waals surface area contributed by atoms with Crippen molar-refractivity contribution in [1.82, 2.24) is 4.90 Å². The molecule has 25 heavy (non-hydrogen) atoms. The number of alkyl halides is 1. The summed E-state index contributed by atoms with van der Waals surface area (Å²) in [6, 6.07) is -0.146. The molecule has 0 spiro atoms. The summed E-state index contributed by atoms with van der Waals surface area (Å²) in [6.07, 6.45) is 7.17. The second kappa shape index (κ2) is 13.4. The maximum Gasteiger partial charge on any atom is 0.241 e. The van der Waals surface area contributed by atoms with Gasteiger partial charge in [0.15, 0.2) is 6.29 Å². The van der Waals surface area contributed by atoms with Crippen molar-refractivity contribution < 1.29 is 14.3 Å². The molecule has 1 aliphatic rings. The number of carbonyl (C=O) groups excluding carboxylic acids is 1. The molecule has 0 N–H and O–H groups in total. The highest BCUT2D eigenvalue weighted by Crippen LogP contribution is 2.19. The average Bonchev–Trinajstić information content (AvgIpc) is 2.90. The topological polar surface area (TPSA) is 38.8 Å². The zero-order valence-electron chi connectivity index (χ0n) is 16.1. The molecule has 5 heteroatoms. The molecule has 0 radical (unpaired) electrons. The Morgan fingerprint density at radius 3 is 2.52 bits per heavy atom. The molecule has 1 fully saturated rings. The van der Waals surface area contributed by atoms with Crippen molar-refractivity contribution in [1.29, 1.82) is 0 Å². The number of amides is 1. The molecule has 1 aliphatic heterocycles. The van der Waals surface area contributed by atoms with Gasteiger partial charge in [-0.3, -0.25) is 4.79 Å². The third-order valence-electron chi connectivity index (χ3n) is 4.48. The number of unbranched alkanes of at least 4 members (excludes halogenated alkanes) is 3. The highest BCUT2D eigenvalue weighted by Gasteiger charge is 2.32.